The van der Waals surface area contributed by atoms with Crippen molar-refractivity contribution in [3.63, 3.8) is 0 Å². The zero-order valence-corrected chi connectivity index (χ0v) is 18.9. The van der Waals surface area contributed by atoms with Crippen molar-refractivity contribution in [3.8, 4) is 11.4 Å². The molecule has 10 nitrogen and oxygen atoms in total. The van der Waals surface area contributed by atoms with Crippen molar-refractivity contribution in [2.75, 3.05) is 24.3 Å². The molecule has 174 valence electrons. The number of benzene rings is 1. The standard InChI is InChI=1S/C21H23FN6O4S/c1-12-18(13(2)32-28-12)33(30,31)21(7-8-21)16-11-17(23)27-19(26-16)14-3-5-15(6-4-14)25-20(29)24-10-9-22/h3-6,11H,7-10H2,1-2H3,(H2,23,26,27)(H2,24,25,29). The Morgan fingerprint density at radius 3 is 2.48 bits per heavy atom. The maximum Gasteiger partial charge on any atom is 0.319 e. The molecule has 0 bridgehead atoms. The van der Waals surface area contributed by atoms with Gasteiger partial charge >= 0.3 is 6.03 Å². The number of carbonyl (C=O) groups excluding carboxylic acids is 1. The lowest BCUT2D eigenvalue weighted by molar-refractivity contribution is 0.251. The van der Waals surface area contributed by atoms with E-state index in [1.807, 2.05) is 0 Å². The van der Waals surface area contributed by atoms with Gasteiger partial charge in [-0.15, -0.1) is 0 Å². The lowest BCUT2D eigenvalue weighted by Crippen LogP contribution is -2.30. The van der Waals surface area contributed by atoms with Gasteiger partial charge in [0.1, 0.15) is 22.1 Å². The van der Waals surface area contributed by atoms with Gasteiger partial charge in [0.05, 0.1) is 11.4 Å². The van der Waals surface area contributed by atoms with Gasteiger partial charge in [0.25, 0.3) is 0 Å². The maximum atomic E-state index is 13.5. The van der Waals surface area contributed by atoms with Crippen molar-refractivity contribution in [2.45, 2.75) is 36.3 Å². The van der Waals surface area contributed by atoms with Crippen molar-refractivity contribution in [1.82, 2.24) is 20.4 Å². The minimum Gasteiger partial charge on any atom is -0.384 e. The first-order chi connectivity index (χ1) is 15.7. The van der Waals surface area contributed by atoms with Crippen LogP contribution in [0.3, 0.4) is 0 Å². The van der Waals surface area contributed by atoms with E-state index < -0.39 is 27.3 Å². The van der Waals surface area contributed by atoms with Crippen LogP contribution in [0.1, 0.15) is 30.0 Å². The Morgan fingerprint density at radius 2 is 1.91 bits per heavy atom. The highest BCUT2D eigenvalue weighted by molar-refractivity contribution is 7.92. The Hall–Kier alpha value is -3.54. The number of carbonyl (C=O) groups is 1. The van der Waals surface area contributed by atoms with E-state index in [2.05, 4.69) is 25.8 Å². The molecule has 33 heavy (non-hydrogen) atoms. The third-order valence-electron chi connectivity index (χ3n) is 5.45. The number of hydrogen-bond donors (Lipinski definition) is 3. The van der Waals surface area contributed by atoms with E-state index in [4.69, 9.17) is 10.3 Å². The normalized spacial score (nSPS) is 14.6. The molecule has 12 heteroatoms. The number of nitrogens with zero attached hydrogens (tertiary/aromatic N) is 3. The second-order valence-corrected chi connectivity index (χ2v) is 10.00. The summed E-state index contributed by atoms with van der Waals surface area (Å²) < 4.78 is 43.1. The van der Waals surface area contributed by atoms with Crippen LogP contribution in [-0.2, 0) is 14.6 Å². The lowest BCUT2D eigenvalue weighted by atomic mass is 10.1. The molecule has 0 atom stereocenters. The Morgan fingerprint density at radius 1 is 1.21 bits per heavy atom. The maximum absolute atomic E-state index is 13.5. The van der Waals surface area contributed by atoms with Crippen LogP contribution in [0.2, 0.25) is 0 Å². The topological polar surface area (TPSA) is 153 Å². The van der Waals surface area contributed by atoms with Gasteiger partial charge in [0.2, 0.25) is 0 Å². The number of aromatic nitrogens is 3. The molecular formula is C21H23FN6O4S. The van der Waals surface area contributed by atoms with Crippen LogP contribution in [0.5, 0.6) is 0 Å². The van der Waals surface area contributed by atoms with Crippen LogP contribution in [-0.4, -0.2) is 42.8 Å². The number of halogens is 1. The van der Waals surface area contributed by atoms with Gasteiger partial charge < -0.3 is 20.9 Å². The average Bonchev–Trinajstić information content (AvgIpc) is 3.53. The second-order valence-electron chi connectivity index (χ2n) is 7.80. The summed E-state index contributed by atoms with van der Waals surface area (Å²) in [6.45, 7) is 2.42. The van der Waals surface area contributed by atoms with Gasteiger partial charge in [-0.2, -0.15) is 0 Å². The average molecular weight is 475 g/mol. The number of hydrogen-bond acceptors (Lipinski definition) is 8. The van der Waals surface area contributed by atoms with Crippen LogP contribution >= 0.6 is 0 Å². The largest absolute Gasteiger partial charge is 0.384 e. The summed E-state index contributed by atoms with van der Waals surface area (Å²) in [5.74, 6) is 0.640. The fourth-order valence-electron chi connectivity index (χ4n) is 3.70. The predicted octanol–water partition coefficient (Wildman–Crippen LogP) is 2.88. The zero-order valence-electron chi connectivity index (χ0n) is 18.1. The molecule has 1 aliphatic rings. The molecule has 4 rings (SSSR count). The number of aryl methyl sites for hydroxylation is 2. The van der Waals surface area contributed by atoms with E-state index >= 15 is 0 Å². The van der Waals surface area contributed by atoms with Crippen molar-refractivity contribution in [3.05, 3.63) is 47.5 Å². The number of sulfone groups is 1. The van der Waals surface area contributed by atoms with E-state index in [1.165, 1.54) is 6.07 Å². The lowest BCUT2D eigenvalue weighted by Gasteiger charge is -2.17. The number of anilines is 2. The highest BCUT2D eigenvalue weighted by atomic mass is 32.2. The Bertz CT molecular complexity index is 1280. The van der Waals surface area contributed by atoms with Crippen molar-refractivity contribution in [2.24, 2.45) is 0 Å². The molecule has 0 saturated heterocycles. The molecule has 3 aromatic rings. The molecule has 2 aromatic heterocycles. The number of nitrogen functional groups attached to an aromatic ring is 1. The number of alkyl halides is 1. The first kappa shape index (κ1) is 22.6. The number of nitrogens with two attached hydrogens (primary N) is 1. The molecule has 0 aliphatic heterocycles. The van der Waals surface area contributed by atoms with Gasteiger partial charge in [-0.05, 0) is 51.0 Å². The molecular weight excluding hydrogens is 451 g/mol. The molecule has 1 aliphatic carbocycles. The third-order valence-corrected chi connectivity index (χ3v) is 8.22. The van der Waals surface area contributed by atoms with Gasteiger partial charge in [0.15, 0.2) is 21.4 Å². The molecule has 4 N–H and O–H groups in total. The SMILES string of the molecule is Cc1noc(C)c1S(=O)(=O)C1(c2cc(N)nc(-c3ccc(NC(=O)NCCF)cc3)n2)CC1. The summed E-state index contributed by atoms with van der Waals surface area (Å²) in [4.78, 5) is 20.6. The summed E-state index contributed by atoms with van der Waals surface area (Å²) in [7, 11) is -3.83. The molecule has 2 heterocycles. The predicted molar refractivity (Wildman–Crippen MR) is 119 cm³/mol. The quantitative estimate of drug-likeness (QED) is 0.472. The van der Waals surface area contributed by atoms with Gasteiger partial charge in [-0.25, -0.2) is 27.6 Å². The second kappa shape index (κ2) is 8.43. The first-order valence-corrected chi connectivity index (χ1v) is 11.7. The zero-order chi connectivity index (χ0) is 23.8. The van der Waals surface area contributed by atoms with Crippen LogP contribution in [0.15, 0.2) is 39.8 Å². The fraction of sp³-hybridized carbons (Fsp3) is 0.333. The third kappa shape index (κ3) is 4.13. The monoisotopic (exact) mass is 474 g/mol. The van der Waals surface area contributed by atoms with Gasteiger partial charge in [-0.3, -0.25) is 0 Å². The number of urea groups is 1. The number of nitrogens with one attached hydrogen (secondary N) is 2. The van der Waals surface area contributed by atoms with Crippen LogP contribution in [0.4, 0.5) is 20.7 Å². The molecule has 0 radical (unpaired) electrons. The van der Waals surface area contributed by atoms with Gasteiger partial charge in [-0.1, -0.05) is 5.16 Å². The van der Waals surface area contributed by atoms with Crippen LogP contribution in [0, 0.1) is 13.8 Å². The molecule has 1 aromatic carbocycles. The van der Waals surface area contributed by atoms with E-state index in [0.717, 1.165) is 0 Å². The van der Waals surface area contributed by atoms with Crippen molar-refractivity contribution in [1.29, 1.82) is 0 Å². The summed E-state index contributed by atoms with van der Waals surface area (Å²) in [5.41, 5.74) is 7.71. The molecule has 0 unspecified atom stereocenters. The van der Waals surface area contributed by atoms with Crippen molar-refractivity contribution < 1.29 is 22.1 Å². The summed E-state index contributed by atoms with van der Waals surface area (Å²) in [6, 6.07) is 7.56. The minimum atomic E-state index is -3.83. The van der Waals surface area contributed by atoms with E-state index in [9.17, 15) is 17.6 Å². The van der Waals surface area contributed by atoms with E-state index in [1.54, 1.807) is 38.1 Å². The van der Waals surface area contributed by atoms with E-state index in [-0.39, 0.29) is 28.8 Å². The Balaban J connectivity index is 1.65. The molecule has 1 fully saturated rings. The molecule has 0 spiro atoms. The molecule has 1 saturated carbocycles. The Labute approximate surface area is 189 Å². The summed E-state index contributed by atoms with van der Waals surface area (Å²) >= 11 is 0. The minimum absolute atomic E-state index is 0.0809. The van der Waals surface area contributed by atoms with Gasteiger partial charge in [0, 0.05) is 23.9 Å². The highest BCUT2D eigenvalue weighted by Gasteiger charge is 2.59. The van der Waals surface area contributed by atoms with E-state index in [0.29, 0.717) is 35.5 Å². The van der Waals surface area contributed by atoms with Crippen molar-refractivity contribution >= 4 is 27.4 Å². The first-order valence-electron chi connectivity index (χ1n) is 10.2. The number of rotatable bonds is 7. The molecule has 2 amide bonds. The highest BCUT2D eigenvalue weighted by Crippen LogP contribution is 2.55. The number of amides is 2. The van der Waals surface area contributed by atoms with Crippen LogP contribution in [0.25, 0.3) is 11.4 Å². The smallest absolute Gasteiger partial charge is 0.319 e. The fourth-order valence-corrected chi connectivity index (χ4v) is 5.95. The summed E-state index contributed by atoms with van der Waals surface area (Å²) in [5, 5.41) is 8.73. The Kier molecular flexibility index (Phi) is 5.78. The summed E-state index contributed by atoms with van der Waals surface area (Å²) in [6.07, 6.45) is 0.790. The van der Waals surface area contributed by atoms with Crippen LogP contribution < -0.4 is 16.4 Å².